The minimum Gasteiger partial charge on any atom is -0.452 e. The SMILES string of the molecule is C[C@H](NC(=O)COC(=O)c1cccc(I)c1)C1CC1. The van der Waals surface area contributed by atoms with Crippen LogP contribution in [-0.2, 0) is 9.53 Å². The predicted octanol–water partition coefficient (Wildman–Crippen LogP) is 2.36. The Hall–Kier alpha value is -1.11. The summed E-state index contributed by atoms with van der Waals surface area (Å²) >= 11 is 2.12. The monoisotopic (exact) mass is 373 g/mol. The summed E-state index contributed by atoms with van der Waals surface area (Å²) < 4.78 is 5.95. The normalized spacial score (nSPS) is 15.7. The first-order valence-corrected chi connectivity index (χ1v) is 7.36. The highest BCUT2D eigenvalue weighted by Crippen LogP contribution is 2.32. The second-order valence-corrected chi connectivity index (χ2v) is 6.03. The van der Waals surface area contributed by atoms with Crippen molar-refractivity contribution in [2.24, 2.45) is 5.92 Å². The van der Waals surface area contributed by atoms with Crippen LogP contribution in [0.1, 0.15) is 30.1 Å². The molecule has 1 saturated carbocycles. The number of carbonyl (C=O) groups excluding carboxylic acids is 2. The average molecular weight is 373 g/mol. The lowest BCUT2D eigenvalue weighted by atomic mass is 10.2. The molecule has 1 aromatic rings. The topological polar surface area (TPSA) is 55.4 Å². The minimum absolute atomic E-state index is 0.170. The molecule has 19 heavy (non-hydrogen) atoms. The van der Waals surface area contributed by atoms with Crippen LogP contribution < -0.4 is 5.32 Å². The molecule has 0 spiro atoms. The number of nitrogens with one attached hydrogen (secondary N) is 1. The van der Waals surface area contributed by atoms with Crippen molar-refractivity contribution in [1.82, 2.24) is 5.32 Å². The number of halogens is 1. The second kappa shape index (κ2) is 6.36. The van der Waals surface area contributed by atoms with E-state index in [1.807, 2.05) is 13.0 Å². The third-order valence-electron chi connectivity index (χ3n) is 3.11. The first-order valence-electron chi connectivity index (χ1n) is 6.28. The molecule has 1 fully saturated rings. The van der Waals surface area contributed by atoms with Gasteiger partial charge in [0, 0.05) is 9.61 Å². The van der Waals surface area contributed by atoms with Gasteiger partial charge in [0.15, 0.2) is 6.61 Å². The minimum atomic E-state index is -0.465. The number of ether oxygens (including phenoxy) is 1. The van der Waals surface area contributed by atoms with Crippen molar-refractivity contribution in [2.45, 2.75) is 25.8 Å². The zero-order valence-electron chi connectivity index (χ0n) is 10.7. The van der Waals surface area contributed by atoms with Crippen molar-refractivity contribution < 1.29 is 14.3 Å². The largest absolute Gasteiger partial charge is 0.452 e. The summed E-state index contributed by atoms with van der Waals surface area (Å²) in [5.41, 5.74) is 0.468. The standard InChI is InChI=1S/C14H16INO3/c1-9(10-5-6-10)16-13(17)8-19-14(18)11-3-2-4-12(15)7-11/h2-4,7,9-10H,5-6,8H2,1H3,(H,16,17)/t9-/m0/s1. The Balaban J connectivity index is 1.78. The van der Waals surface area contributed by atoms with Gasteiger partial charge in [-0.3, -0.25) is 4.79 Å². The first kappa shape index (κ1) is 14.3. The van der Waals surface area contributed by atoms with Crippen molar-refractivity contribution in [3.05, 3.63) is 33.4 Å². The van der Waals surface area contributed by atoms with Crippen LogP contribution in [0.4, 0.5) is 0 Å². The summed E-state index contributed by atoms with van der Waals surface area (Å²) in [6, 6.07) is 7.25. The highest BCUT2D eigenvalue weighted by Gasteiger charge is 2.28. The Morgan fingerprint density at radius 2 is 2.21 bits per heavy atom. The zero-order valence-corrected chi connectivity index (χ0v) is 12.8. The Kier molecular flexibility index (Phi) is 4.79. The molecule has 1 aliphatic rings. The van der Waals surface area contributed by atoms with E-state index in [0.717, 1.165) is 3.57 Å². The molecule has 1 atom stereocenters. The molecule has 0 saturated heterocycles. The van der Waals surface area contributed by atoms with Gasteiger partial charge in [-0.25, -0.2) is 4.79 Å². The van der Waals surface area contributed by atoms with Crippen molar-refractivity contribution in [2.75, 3.05) is 6.61 Å². The third kappa shape index (κ3) is 4.49. The number of hydrogen-bond donors (Lipinski definition) is 1. The molecule has 1 aliphatic carbocycles. The molecule has 0 heterocycles. The number of benzene rings is 1. The lowest BCUT2D eigenvalue weighted by Crippen LogP contribution is -2.37. The molecule has 5 heteroatoms. The highest BCUT2D eigenvalue weighted by atomic mass is 127. The summed E-state index contributed by atoms with van der Waals surface area (Å²) in [7, 11) is 0. The fourth-order valence-electron chi connectivity index (χ4n) is 1.84. The number of rotatable bonds is 5. The lowest BCUT2D eigenvalue weighted by Gasteiger charge is -2.12. The number of hydrogen-bond acceptors (Lipinski definition) is 3. The summed E-state index contributed by atoms with van der Waals surface area (Å²) in [5, 5.41) is 2.84. The molecule has 0 radical (unpaired) electrons. The van der Waals surface area contributed by atoms with Gasteiger partial charge in [-0.15, -0.1) is 0 Å². The van der Waals surface area contributed by atoms with Gasteiger partial charge in [0.25, 0.3) is 5.91 Å². The van der Waals surface area contributed by atoms with Crippen LogP contribution in [0.3, 0.4) is 0 Å². The smallest absolute Gasteiger partial charge is 0.338 e. The summed E-state index contributed by atoms with van der Waals surface area (Å²) in [5.74, 6) is -0.110. The molecule has 0 bridgehead atoms. The molecule has 0 aliphatic heterocycles. The Morgan fingerprint density at radius 1 is 1.47 bits per heavy atom. The van der Waals surface area contributed by atoms with E-state index in [0.29, 0.717) is 11.5 Å². The number of amides is 1. The van der Waals surface area contributed by atoms with E-state index in [1.165, 1.54) is 12.8 Å². The summed E-state index contributed by atoms with van der Waals surface area (Å²) in [4.78, 5) is 23.3. The first-order chi connectivity index (χ1) is 9.06. The van der Waals surface area contributed by atoms with Crippen LogP contribution in [0.25, 0.3) is 0 Å². The van der Waals surface area contributed by atoms with Gasteiger partial charge in [0.2, 0.25) is 0 Å². The summed E-state index contributed by atoms with van der Waals surface area (Å²) in [6.07, 6.45) is 2.34. The average Bonchev–Trinajstić information content (AvgIpc) is 3.20. The van der Waals surface area contributed by atoms with E-state index in [9.17, 15) is 9.59 Å². The quantitative estimate of drug-likeness (QED) is 0.637. The van der Waals surface area contributed by atoms with Gasteiger partial charge in [-0.05, 0) is 66.5 Å². The zero-order chi connectivity index (χ0) is 13.8. The van der Waals surface area contributed by atoms with E-state index >= 15 is 0 Å². The highest BCUT2D eigenvalue weighted by molar-refractivity contribution is 14.1. The maximum absolute atomic E-state index is 11.7. The lowest BCUT2D eigenvalue weighted by molar-refractivity contribution is -0.124. The molecule has 2 rings (SSSR count). The van der Waals surface area contributed by atoms with E-state index < -0.39 is 5.97 Å². The van der Waals surface area contributed by atoms with E-state index in [1.54, 1.807) is 18.2 Å². The second-order valence-electron chi connectivity index (χ2n) is 4.78. The van der Waals surface area contributed by atoms with Gasteiger partial charge in [0.05, 0.1) is 5.56 Å². The van der Waals surface area contributed by atoms with E-state index in [-0.39, 0.29) is 18.6 Å². The molecule has 0 unspecified atom stereocenters. The van der Waals surface area contributed by atoms with Crippen LogP contribution >= 0.6 is 22.6 Å². The third-order valence-corrected chi connectivity index (χ3v) is 3.78. The molecular formula is C14H16INO3. The van der Waals surface area contributed by atoms with Gasteiger partial charge < -0.3 is 10.1 Å². The maximum atomic E-state index is 11.7. The van der Waals surface area contributed by atoms with Gasteiger partial charge in [-0.1, -0.05) is 6.07 Å². The van der Waals surface area contributed by atoms with Gasteiger partial charge in [-0.2, -0.15) is 0 Å². The predicted molar refractivity (Wildman–Crippen MR) is 79.8 cm³/mol. The van der Waals surface area contributed by atoms with Gasteiger partial charge >= 0.3 is 5.97 Å². The number of esters is 1. The molecule has 1 N–H and O–H groups in total. The van der Waals surface area contributed by atoms with Gasteiger partial charge in [0.1, 0.15) is 0 Å². The van der Waals surface area contributed by atoms with Crippen molar-refractivity contribution in [3.63, 3.8) is 0 Å². The molecule has 1 aromatic carbocycles. The van der Waals surface area contributed by atoms with Crippen LogP contribution in [-0.4, -0.2) is 24.5 Å². The van der Waals surface area contributed by atoms with E-state index in [4.69, 9.17) is 4.74 Å². The van der Waals surface area contributed by atoms with Crippen LogP contribution in [0, 0.1) is 9.49 Å². The van der Waals surface area contributed by atoms with Crippen molar-refractivity contribution in [1.29, 1.82) is 0 Å². The molecular weight excluding hydrogens is 357 g/mol. The molecule has 102 valence electrons. The summed E-state index contributed by atoms with van der Waals surface area (Å²) in [6.45, 7) is 1.76. The Morgan fingerprint density at radius 3 is 2.84 bits per heavy atom. The van der Waals surface area contributed by atoms with Crippen molar-refractivity contribution >= 4 is 34.5 Å². The Bertz CT molecular complexity index is 485. The van der Waals surface area contributed by atoms with Crippen molar-refractivity contribution in [3.8, 4) is 0 Å². The van der Waals surface area contributed by atoms with Crippen LogP contribution in [0.5, 0.6) is 0 Å². The fraction of sp³-hybridized carbons (Fsp3) is 0.429. The molecule has 1 amide bonds. The molecule has 0 aromatic heterocycles. The maximum Gasteiger partial charge on any atom is 0.338 e. The Labute approximate surface area is 126 Å². The number of carbonyl (C=O) groups is 2. The van der Waals surface area contributed by atoms with Crippen LogP contribution in [0.15, 0.2) is 24.3 Å². The molecule has 4 nitrogen and oxygen atoms in total. The van der Waals surface area contributed by atoms with E-state index in [2.05, 4.69) is 27.9 Å². The van der Waals surface area contributed by atoms with Crippen LogP contribution in [0.2, 0.25) is 0 Å². The fourth-order valence-corrected chi connectivity index (χ4v) is 2.38.